The summed E-state index contributed by atoms with van der Waals surface area (Å²) in [7, 11) is 0. The van der Waals surface area contributed by atoms with Crippen LogP contribution in [-0.2, 0) is 0 Å². The number of rotatable bonds is 2. The Hall–Kier alpha value is -1.79. The van der Waals surface area contributed by atoms with E-state index in [9.17, 15) is 18.9 Å². The van der Waals surface area contributed by atoms with Gasteiger partial charge in [0.2, 0.25) is 5.75 Å². The molecule has 0 aromatic carbocycles. The summed E-state index contributed by atoms with van der Waals surface area (Å²) < 4.78 is 24.1. The lowest BCUT2D eigenvalue weighted by Gasteiger charge is -2.01. The Morgan fingerprint density at radius 2 is 2.23 bits per heavy atom. The van der Waals surface area contributed by atoms with Gasteiger partial charge in [0.15, 0.2) is 0 Å². The number of nitrogens with zero attached hydrogens (tertiary/aromatic N) is 2. The van der Waals surface area contributed by atoms with E-state index in [4.69, 9.17) is 5.11 Å². The Labute approximate surface area is 70.8 Å². The summed E-state index contributed by atoms with van der Waals surface area (Å²) in [4.78, 5) is 12.2. The third kappa shape index (κ3) is 1.68. The molecule has 0 unspecified atom stereocenters. The fraction of sp³-hybridized carbons (Fsp3) is 0.167. The number of aromatic nitrogens is 1. The van der Waals surface area contributed by atoms with Crippen LogP contribution in [0.1, 0.15) is 12.0 Å². The lowest BCUT2D eigenvalue weighted by Crippen LogP contribution is -1.95. The molecule has 0 fully saturated rings. The Morgan fingerprint density at radius 1 is 1.62 bits per heavy atom. The monoisotopic (exact) mass is 190 g/mol. The molecule has 0 aliphatic carbocycles. The van der Waals surface area contributed by atoms with Gasteiger partial charge in [-0.1, -0.05) is 0 Å². The molecule has 1 aromatic rings. The highest BCUT2D eigenvalue weighted by Crippen LogP contribution is 2.33. The maximum atomic E-state index is 12.1. The van der Waals surface area contributed by atoms with E-state index in [0.29, 0.717) is 0 Å². The molecule has 1 rings (SSSR count). The highest BCUT2D eigenvalue weighted by Gasteiger charge is 2.23. The number of halogens is 2. The number of alkyl halides is 2. The molecule has 0 aliphatic heterocycles. The van der Waals surface area contributed by atoms with Crippen LogP contribution in [0.3, 0.4) is 0 Å². The number of hydrogen-bond acceptors (Lipinski definition) is 4. The van der Waals surface area contributed by atoms with E-state index in [1.54, 1.807) is 0 Å². The first-order valence-corrected chi connectivity index (χ1v) is 3.14. The molecule has 7 heteroatoms. The van der Waals surface area contributed by atoms with E-state index in [0.717, 1.165) is 12.3 Å². The lowest BCUT2D eigenvalue weighted by molar-refractivity contribution is -0.390. The zero-order valence-corrected chi connectivity index (χ0v) is 6.15. The van der Waals surface area contributed by atoms with Crippen LogP contribution in [0, 0.1) is 10.1 Å². The third-order valence-corrected chi connectivity index (χ3v) is 1.34. The molecule has 70 valence electrons. The predicted octanol–water partition coefficient (Wildman–Crippen LogP) is 1.63. The fourth-order valence-corrected chi connectivity index (χ4v) is 0.767. The highest BCUT2D eigenvalue weighted by molar-refractivity contribution is 5.45. The second-order valence-electron chi connectivity index (χ2n) is 2.13. The van der Waals surface area contributed by atoms with Crippen LogP contribution >= 0.6 is 0 Å². The second kappa shape index (κ2) is 3.30. The molecule has 0 amide bonds. The molecule has 1 heterocycles. The molecule has 13 heavy (non-hydrogen) atoms. The van der Waals surface area contributed by atoms with Crippen molar-refractivity contribution in [2.45, 2.75) is 6.43 Å². The van der Waals surface area contributed by atoms with Crippen molar-refractivity contribution < 1.29 is 18.8 Å². The first-order valence-electron chi connectivity index (χ1n) is 3.14. The fourth-order valence-electron chi connectivity index (χ4n) is 0.767. The zero-order valence-electron chi connectivity index (χ0n) is 6.15. The van der Waals surface area contributed by atoms with E-state index in [-0.39, 0.29) is 0 Å². The topological polar surface area (TPSA) is 76.3 Å². The van der Waals surface area contributed by atoms with Gasteiger partial charge in [-0.2, -0.15) is 0 Å². The Balaban J connectivity index is 3.26. The molecule has 0 saturated heterocycles. The Bertz CT molecular complexity index is 343. The van der Waals surface area contributed by atoms with Gasteiger partial charge in [-0.25, -0.2) is 8.78 Å². The standard InChI is InChI=1S/C6H4F2N2O3/c7-5(8)3-1-2-9-6(4(3)11)10(12)13/h1-2,5,11H. The molecule has 0 aliphatic rings. The van der Waals surface area contributed by atoms with Crippen molar-refractivity contribution in [1.82, 2.24) is 4.98 Å². The van der Waals surface area contributed by atoms with Gasteiger partial charge < -0.3 is 15.2 Å². The summed E-state index contributed by atoms with van der Waals surface area (Å²) in [5.41, 5.74) is -0.790. The molecular weight excluding hydrogens is 186 g/mol. The number of nitro groups is 1. The number of aromatic hydroxyl groups is 1. The molecule has 5 nitrogen and oxygen atoms in total. The van der Waals surface area contributed by atoms with Crippen LogP contribution in [0.5, 0.6) is 5.75 Å². The van der Waals surface area contributed by atoms with Gasteiger partial charge in [-0.15, -0.1) is 0 Å². The van der Waals surface area contributed by atoms with Crippen LogP contribution in [0.2, 0.25) is 0 Å². The third-order valence-electron chi connectivity index (χ3n) is 1.34. The van der Waals surface area contributed by atoms with Crippen molar-refractivity contribution in [1.29, 1.82) is 0 Å². The average Bonchev–Trinajstić information content (AvgIpc) is 2.03. The van der Waals surface area contributed by atoms with Crippen molar-refractivity contribution in [2.24, 2.45) is 0 Å². The van der Waals surface area contributed by atoms with Gasteiger partial charge >= 0.3 is 5.82 Å². The summed E-state index contributed by atoms with van der Waals surface area (Å²) in [5, 5.41) is 19.1. The van der Waals surface area contributed by atoms with Crippen LogP contribution in [0.4, 0.5) is 14.6 Å². The normalized spacial score (nSPS) is 10.4. The van der Waals surface area contributed by atoms with E-state index in [2.05, 4.69) is 4.98 Å². The van der Waals surface area contributed by atoms with Gasteiger partial charge in [0.25, 0.3) is 6.43 Å². The van der Waals surface area contributed by atoms with E-state index >= 15 is 0 Å². The number of hydrogen-bond donors (Lipinski definition) is 1. The molecule has 0 radical (unpaired) electrons. The predicted molar refractivity (Wildman–Crippen MR) is 37.5 cm³/mol. The summed E-state index contributed by atoms with van der Waals surface area (Å²) in [6.07, 6.45) is -2.11. The summed E-state index contributed by atoms with van der Waals surface area (Å²) >= 11 is 0. The minimum atomic E-state index is -2.96. The second-order valence-corrected chi connectivity index (χ2v) is 2.13. The molecule has 0 spiro atoms. The molecule has 0 saturated carbocycles. The summed E-state index contributed by atoms with van der Waals surface area (Å²) in [6.45, 7) is 0. The van der Waals surface area contributed by atoms with E-state index < -0.39 is 28.5 Å². The molecule has 1 N–H and O–H groups in total. The van der Waals surface area contributed by atoms with Crippen molar-refractivity contribution in [3.8, 4) is 5.75 Å². The van der Waals surface area contributed by atoms with Crippen LogP contribution in [0.15, 0.2) is 12.3 Å². The van der Waals surface area contributed by atoms with Crippen LogP contribution in [-0.4, -0.2) is 15.0 Å². The SMILES string of the molecule is O=[N+]([O-])c1nccc(C(F)F)c1O. The van der Waals surface area contributed by atoms with Crippen LogP contribution in [0.25, 0.3) is 0 Å². The first kappa shape index (κ1) is 9.30. The molecule has 0 bridgehead atoms. The highest BCUT2D eigenvalue weighted by atomic mass is 19.3. The maximum Gasteiger partial charge on any atom is 0.406 e. The van der Waals surface area contributed by atoms with Crippen molar-refractivity contribution in [3.63, 3.8) is 0 Å². The van der Waals surface area contributed by atoms with Gasteiger partial charge in [0, 0.05) is 0 Å². The minimum Gasteiger partial charge on any atom is -0.501 e. The lowest BCUT2D eigenvalue weighted by atomic mass is 10.2. The van der Waals surface area contributed by atoms with Crippen molar-refractivity contribution in [2.75, 3.05) is 0 Å². The van der Waals surface area contributed by atoms with Gasteiger partial charge in [-0.3, -0.25) is 0 Å². The van der Waals surface area contributed by atoms with E-state index in [1.165, 1.54) is 0 Å². The van der Waals surface area contributed by atoms with E-state index in [1.807, 2.05) is 0 Å². The first-order chi connectivity index (χ1) is 6.04. The van der Waals surface area contributed by atoms with Gasteiger partial charge in [0.05, 0.1) is 5.56 Å². The largest absolute Gasteiger partial charge is 0.501 e. The smallest absolute Gasteiger partial charge is 0.406 e. The maximum absolute atomic E-state index is 12.1. The Kier molecular flexibility index (Phi) is 2.36. The summed E-state index contributed by atoms with van der Waals surface area (Å²) in [5.74, 6) is -2.04. The van der Waals surface area contributed by atoms with Crippen LogP contribution < -0.4 is 0 Å². The zero-order chi connectivity index (χ0) is 10.0. The summed E-state index contributed by atoms with van der Waals surface area (Å²) in [6, 6.07) is 0.826. The molecule has 0 atom stereocenters. The van der Waals surface area contributed by atoms with Crippen molar-refractivity contribution >= 4 is 5.82 Å². The number of pyridine rings is 1. The minimum absolute atomic E-state index is 0.790. The Morgan fingerprint density at radius 3 is 2.69 bits per heavy atom. The van der Waals surface area contributed by atoms with Gasteiger partial charge in [-0.05, 0) is 16.0 Å². The van der Waals surface area contributed by atoms with Crippen molar-refractivity contribution in [3.05, 3.63) is 27.9 Å². The molecule has 1 aromatic heterocycles. The van der Waals surface area contributed by atoms with Gasteiger partial charge in [0.1, 0.15) is 6.20 Å². The average molecular weight is 190 g/mol. The quantitative estimate of drug-likeness (QED) is 0.567. The molecular formula is C6H4F2N2O3.